The van der Waals surface area contributed by atoms with E-state index in [1.165, 1.54) is 24.8 Å². The van der Waals surface area contributed by atoms with Crippen molar-refractivity contribution in [1.82, 2.24) is 0 Å². The van der Waals surface area contributed by atoms with Crippen molar-refractivity contribution in [2.45, 2.75) is 37.7 Å². The van der Waals surface area contributed by atoms with Gasteiger partial charge in [0.15, 0.2) is 0 Å². The number of hydrogen-bond donors (Lipinski definition) is 1. The van der Waals surface area contributed by atoms with Gasteiger partial charge in [-0.25, -0.2) is 0 Å². The molecule has 1 aromatic rings. The first-order valence-electron chi connectivity index (χ1n) is 6.19. The Morgan fingerprint density at radius 2 is 1.88 bits per heavy atom. The maximum atomic E-state index is 8.83. The van der Waals surface area contributed by atoms with Crippen molar-refractivity contribution < 1.29 is 9.84 Å². The van der Waals surface area contributed by atoms with Crippen molar-refractivity contribution in [3.63, 3.8) is 0 Å². The fourth-order valence-electron chi connectivity index (χ4n) is 2.58. The molecule has 2 nitrogen and oxygen atoms in total. The normalized spacial score (nSPS) is 25.6. The average Bonchev–Trinajstić information content (AvgIpc) is 2.38. The zero-order valence-corrected chi connectivity index (χ0v) is 9.64. The van der Waals surface area contributed by atoms with Crippen molar-refractivity contribution in [2.75, 3.05) is 13.2 Å². The standard InChI is InChI=1S/C14H20O2/c15-10-11-16-14-9-5-4-8-13(14)12-6-2-1-3-7-12/h1-3,6-7,13-15H,4-5,8-11H2/t13-,14+/m1/s1. The van der Waals surface area contributed by atoms with E-state index in [-0.39, 0.29) is 6.61 Å². The van der Waals surface area contributed by atoms with E-state index < -0.39 is 0 Å². The van der Waals surface area contributed by atoms with Gasteiger partial charge >= 0.3 is 0 Å². The third kappa shape index (κ3) is 2.83. The van der Waals surface area contributed by atoms with Crippen LogP contribution in [0.3, 0.4) is 0 Å². The predicted molar refractivity (Wildman–Crippen MR) is 64.5 cm³/mol. The highest BCUT2D eigenvalue weighted by Gasteiger charge is 2.26. The topological polar surface area (TPSA) is 29.5 Å². The maximum Gasteiger partial charge on any atom is 0.0701 e. The minimum Gasteiger partial charge on any atom is -0.394 e. The van der Waals surface area contributed by atoms with Gasteiger partial charge in [-0.15, -0.1) is 0 Å². The summed E-state index contributed by atoms with van der Waals surface area (Å²) in [5, 5.41) is 8.83. The van der Waals surface area contributed by atoms with Crippen LogP contribution in [0, 0.1) is 0 Å². The van der Waals surface area contributed by atoms with Crippen molar-refractivity contribution in [3.8, 4) is 0 Å². The second-order valence-corrected chi connectivity index (χ2v) is 4.43. The van der Waals surface area contributed by atoms with Crippen LogP contribution in [0.25, 0.3) is 0 Å². The smallest absolute Gasteiger partial charge is 0.0701 e. The van der Waals surface area contributed by atoms with Crippen LogP contribution in [0.5, 0.6) is 0 Å². The van der Waals surface area contributed by atoms with Crippen LogP contribution >= 0.6 is 0 Å². The van der Waals surface area contributed by atoms with Gasteiger partial charge < -0.3 is 9.84 Å². The lowest BCUT2D eigenvalue weighted by molar-refractivity contribution is -0.00419. The van der Waals surface area contributed by atoms with Gasteiger partial charge in [0.1, 0.15) is 0 Å². The second kappa shape index (κ2) is 6.02. The molecule has 0 bridgehead atoms. The number of hydrogen-bond acceptors (Lipinski definition) is 2. The highest BCUT2D eigenvalue weighted by atomic mass is 16.5. The molecule has 1 saturated carbocycles. The van der Waals surface area contributed by atoms with E-state index in [1.54, 1.807) is 0 Å². The minimum atomic E-state index is 0.123. The summed E-state index contributed by atoms with van der Waals surface area (Å²) < 4.78 is 5.75. The molecule has 1 aliphatic carbocycles. The molecule has 0 amide bonds. The van der Waals surface area contributed by atoms with E-state index in [1.807, 2.05) is 0 Å². The molecule has 88 valence electrons. The predicted octanol–water partition coefficient (Wildman–Crippen LogP) is 2.72. The molecule has 0 spiro atoms. The van der Waals surface area contributed by atoms with Crippen molar-refractivity contribution in [2.24, 2.45) is 0 Å². The van der Waals surface area contributed by atoms with E-state index in [0.29, 0.717) is 18.6 Å². The van der Waals surface area contributed by atoms with E-state index in [2.05, 4.69) is 30.3 Å². The SMILES string of the molecule is OCCO[C@H]1CCCC[C@@H]1c1ccccc1. The molecule has 2 atom stereocenters. The molecule has 0 saturated heterocycles. The van der Waals surface area contributed by atoms with Gasteiger partial charge in [-0.3, -0.25) is 0 Å². The molecule has 2 heteroatoms. The summed E-state index contributed by atoms with van der Waals surface area (Å²) in [5.74, 6) is 0.515. The maximum absolute atomic E-state index is 8.83. The van der Waals surface area contributed by atoms with Crippen LogP contribution in [0.15, 0.2) is 30.3 Å². The Balaban J connectivity index is 2.04. The van der Waals surface area contributed by atoms with Crippen LogP contribution in [0.1, 0.15) is 37.2 Å². The lowest BCUT2D eigenvalue weighted by Gasteiger charge is -2.31. The Morgan fingerprint density at radius 3 is 2.62 bits per heavy atom. The molecule has 0 unspecified atom stereocenters. The van der Waals surface area contributed by atoms with Crippen LogP contribution in [-0.2, 0) is 4.74 Å². The number of aliphatic hydroxyl groups is 1. The lowest BCUT2D eigenvalue weighted by atomic mass is 9.81. The van der Waals surface area contributed by atoms with Crippen LogP contribution in [0.4, 0.5) is 0 Å². The summed E-state index contributed by atoms with van der Waals surface area (Å²) in [7, 11) is 0. The van der Waals surface area contributed by atoms with Crippen molar-refractivity contribution >= 4 is 0 Å². The fraction of sp³-hybridized carbons (Fsp3) is 0.571. The molecule has 1 N–H and O–H groups in total. The molecule has 0 radical (unpaired) electrons. The summed E-state index contributed by atoms with van der Waals surface area (Å²) in [5.41, 5.74) is 1.38. The average molecular weight is 220 g/mol. The molecular formula is C14H20O2. The quantitative estimate of drug-likeness (QED) is 0.845. The van der Waals surface area contributed by atoms with Gasteiger partial charge in [-0.2, -0.15) is 0 Å². The van der Waals surface area contributed by atoms with Crippen molar-refractivity contribution in [3.05, 3.63) is 35.9 Å². The molecule has 16 heavy (non-hydrogen) atoms. The highest BCUT2D eigenvalue weighted by molar-refractivity contribution is 5.21. The summed E-state index contributed by atoms with van der Waals surface area (Å²) in [6.07, 6.45) is 5.17. The summed E-state index contributed by atoms with van der Waals surface area (Å²) in [4.78, 5) is 0. The molecule has 1 fully saturated rings. The molecule has 2 rings (SSSR count). The second-order valence-electron chi connectivity index (χ2n) is 4.43. The van der Waals surface area contributed by atoms with Gasteiger partial charge in [-0.05, 0) is 18.4 Å². The third-order valence-electron chi connectivity index (χ3n) is 3.35. The van der Waals surface area contributed by atoms with E-state index in [0.717, 1.165) is 6.42 Å². The fourth-order valence-corrected chi connectivity index (χ4v) is 2.58. The van der Waals surface area contributed by atoms with Gasteiger partial charge in [0, 0.05) is 5.92 Å². The van der Waals surface area contributed by atoms with Gasteiger partial charge in [0.05, 0.1) is 19.3 Å². The van der Waals surface area contributed by atoms with E-state index in [4.69, 9.17) is 9.84 Å². The Hall–Kier alpha value is -0.860. The first kappa shape index (κ1) is 11.6. The number of aliphatic hydroxyl groups excluding tert-OH is 1. The Kier molecular flexibility index (Phi) is 4.37. The zero-order chi connectivity index (χ0) is 11.2. The Bertz CT molecular complexity index is 297. The first-order valence-corrected chi connectivity index (χ1v) is 6.19. The van der Waals surface area contributed by atoms with Crippen LogP contribution < -0.4 is 0 Å². The molecule has 0 aliphatic heterocycles. The number of benzene rings is 1. The van der Waals surface area contributed by atoms with Crippen LogP contribution in [0.2, 0.25) is 0 Å². The first-order chi connectivity index (χ1) is 7.92. The molecule has 0 heterocycles. The minimum absolute atomic E-state index is 0.123. The lowest BCUT2D eigenvalue weighted by Crippen LogP contribution is -2.27. The molecule has 1 aromatic carbocycles. The molecular weight excluding hydrogens is 200 g/mol. The van der Waals surface area contributed by atoms with Crippen molar-refractivity contribution in [1.29, 1.82) is 0 Å². The molecule has 0 aromatic heterocycles. The summed E-state index contributed by atoms with van der Waals surface area (Å²) >= 11 is 0. The van der Waals surface area contributed by atoms with Gasteiger partial charge in [-0.1, -0.05) is 43.2 Å². The Morgan fingerprint density at radius 1 is 1.12 bits per heavy atom. The zero-order valence-electron chi connectivity index (χ0n) is 9.64. The molecule has 1 aliphatic rings. The summed E-state index contributed by atoms with van der Waals surface area (Å²) in [6.45, 7) is 0.589. The highest BCUT2D eigenvalue weighted by Crippen LogP contribution is 2.34. The van der Waals surface area contributed by atoms with E-state index in [9.17, 15) is 0 Å². The number of ether oxygens (including phenoxy) is 1. The van der Waals surface area contributed by atoms with E-state index >= 15 is 0 Å². The number of rotatable bonds is 4. The van der Waals surface area contributed by atoms with Gasteiger partial charge in [0.2, 0.25) is 0 Å². The van der Waals surface area contributed by atoms with Crippen LogP contribution in [-0.4, -0.2) is 24.4 Å². The monoisotopic (exact) mass is 220 g/mol. The summed E-state index contributed by atoms with van der Waals surface area (Å²) in [6, 6.07) is 10.6. The largest absolute Gasteiger partial charge is 0.394 e. The Labute approximate surface area is 97.3 Å². The third-order valence-corrected chi connectivity index (χ3v) is 3.35. The van der Waals surface area contributed by atoms with Gasteiger partial charge in [0.25, 0.3) is 0 Å².